The summed E-state index contributed by atoms with van der Waals surface area (Å²) >= 11 is 0. The van der Waals surface area contributed by atoms with Gasteiger partial charge >= 0.3 is 0 Å². The Morgan fingerprint density at radius 2 is 2.50 bits per heavy atom. The molecule has 2 N–H and O–H groups in total. The highest BCUT2D eigenvalue weighted by Crippen LogP contribution is 2.12. The highest BCUT2D eigenvalue weighted by atomic mass is 16.5. The van der Waals surface area contributed by atoms with Crippen molar-refractivity contribution in [3.63, 3.8) is 0 Å². The van der Waals surface area contributed by atoms with Crippen LogP contribution in [0.5, 0.6) is 0 Å². The van der Waals surface area contributed by atoms with Gasteiger partial charge in [0.25, 0.3) is 0 Å². The average molecular weight is 171 g/mol. The summed E-state index contributed by atoms with van der Waals surface area (Å²) in [4.78, 5) is 0. The van der Waals surface area contributed by atoms with Gasteiger partial charge in [-0.15, -0.1) is 0 Å². The predicted octanol–water partition coefficient (Wildman–Crippen LogP) is 0.554. The second-order valence-corrected chi connectivity index (χ2v) is 3.20. The molecule has 0 saturated carbocycles. The zero-order valence-electron chi connectivity index (χ0n) is 7.42. The summed E-state index contributed by atoms with van der Waals surface area (Å²) in [5.41, 5.74) is 6.31. The van der Waals surface area contributed by atoms with Gasteiger partial charge in [-0.1, -0.05) is 6.58 Å². The SMILES string of the molecule is C=C(CN)COCC1CCOC1. The smallest absolute Gasteiger partial charge is 0.0686 e. The minimum atomic E-state index is 0.515. The van der Waals surface area contributed by atoms with Crippen molar-refractivity contribution in [3.05, 3.63) is 12.2 Å². The number of hydrogen-bond donors (Lipinski definition) is 1. The molecule has 1 heterocycles. The number of rotatable bonds is 5. The van der Waals surface area contributed by atoms with Gasteiger partial charge in [-0.05, 0) is 12.0 Å². The van der Waals surface area contributed by atoms with Gasteiger partial charge in [0.15, 0.2) is 0 Å². The third kappa shape index (κ3) is 3.34. The third-order valence-corrected chi connectivity index (χ3v) is 1.97. The lowest BCUT2D eigenvalue weighted by Crippen LogP contribution is -2.13. The fourth-order valence-corrected chi connectivity index (χ4v) is 1.14. The summed E-state index contributed by atoms with van der Waals surface area (Å²) in [5, 5.41) is 0. The van der Waals surface area contributed by atoms with Crippen molar-refractivity contribution in [1.82, 2.24) is 0 Å². The minimum absolute atomic E-state index is 0.515. The fourth-order valence-electron chi connectivity index (χ4n) is 1.14. The molecule has 0 aromatic rings. The van der Waals surface area contributed by atoms with Crippen LogP contribution in [0.2, 0.25) is 0 Å². The van der Waals surface area contributed by atoms with Crippen LogP contribution in [-0.2, 0) is 9.47 Å². The largest absolute Gasteiger partial charge is 0.381 e. The van der Waals surface area contributed by atoms with E-state index >= 15 is 0 Å². The maximum absolute atomic E-state index is 5.41. The zero-order chi connectivity index (χ0) is 8.81. The Hall–Kier alpha value is -0.380. The second kappa shape index (κ2) is 5.30. The Balaban J connectivity index is 1.97. The molecular formula is C9H17NO2. The van der Waals surface area contributed by atoms with Gasteiger partial charge < -0.3 is 15.2 Å². The molecule has 1 unspecified atom stereocenters. The normalized spacial score (nSPS) is 22.9. The van der Waals surface area contributed by atoms with Gasteiger partial charge in [-0.25, -0.2) is 0 Å². The number of ether oxygens (including phenoxy) is 2. The molecule has 0 aromatic heterocycles. The molecule has 1 saturated heterocycles. The molecule has 1 rings (SSSR count). The molecule has 1 aliphatic rings. The third-order valence-electron chi connectivity index (χ3n) is 1.97. The van der Waals surface area contributed by atoms with E-state index in [1.165, 1.54) is 0 Å². The van der Waals surface area contributed by atoms with Crippen LogP contribution < -0.4 is 5.73 Å². The molecule has 0 bridgehead atoms. The van der Waals surface area contributed by atoms with E-state index in [4.69, 9.17) is 15.2 Å². The molecule has 1 aliphatic heterocycles. The van der Waals surface area contributed by atoms with Crippen molar-refractivity contribution >= 4 is 0 Å². The average Bonchev–Trinajstić information content (AvgIpc) is 2.57. The first-order valence-corrected chi connectivity index (χ1v) is 4.35. The summed E-state index contributed by atoms with van der Waals surface area (Å²) in [7, 11) is 0. The van der Waals surface area contributed by atoms with Crippen molar-refractivity contribution in [1.29, 1.82) is 0 Å². The van der Waals surface area contributed by atoms with Crippen LogP contribution in [0.25, 0.3) is 0 Å². The first-order chi connectivity index (χ1) is 5.83. The van der Waals surface area contributed by atoms with E-state index in [1.807, 2.05) is 0 Å². The Morgan fingerprint density at radius 1 is 1.67 bits per heavy atom. The van der Waals surface area contributed by atoms with Crippen LogP contribution in [0.3, 0.4) is 0 Å². The van der Waals surface area contributed by atoms with E-state index in [2.05, 4.69) is 6.58 Å². The monoisotopic (exact) mass is 171 g/mol. The molecule has 0 aliphatic carbocycles. The van der Waals surface area contributed by atoms with E-state index in [9.17, 15) is 0 Å². The molecule has 1 atom stereocenters. The molecule has 12 heavy (non-hydrogen) atoms. The quantitative estimate of drug-likeness (QED) is 0.614. The molecule has 70 valence electrons. The van der Waals surface area contributed by atoms with Crippen LogP contribution in [0, 0.1) is 5.92 Å². The molecule has 0 aromatic carbocycles. The highest BCUT2D eigenvalue weighted by Gasteiger charge is 2.15. The van der Waals surface area contributed by atoms with E-state index in [1.54, 1.807) is 0 Å². The standard InChI is InChI=1S/C9H17NO2/c1-8(4-10)5-12-7-9-2-3-11-6-9/h9H,1-7,10H2. The summed E-state index contributed by atoms with van der Waals surface area (Å²) in [5.74, 6) is 0.579. The second-order valence-electron chi connectivity index (χ2n) is 3.20. The lowest BCUT2D eigenvalue weighted by atomic mass is 10.1. The van der Waals surface area contributed by atoms with E-state index in [0.717, 1.165) is 31.8 Å². The topological polar surface area (TPSA) is 44.5 Å². The molecule has 0 spiro atoms. The van der Waals surface area contributed by atoms with Gasteiger partial charge in [0, 0.05) is 19.1 Å². The first-order valence-electron chi connectivity index (χ1n) is 4.35. The Morgan fingerprint density at radius 3 is 3.08 bits per heavy atom. The Kier molecular flexibility index (Phi) is 4.29. The summed E-state index contributed by atoms with van der Waals surface area (Å²) in [6.07, 6.45) is 1.12. The Bertz CT molecular complexity index is 141. The van der Waals surface area contributed by atoms with Crippen molar-refractivity contribution in [2.75, 3.05) is 33.0 Å². The maximum Gasteiger partial charge on any atom is 0.0686 e. The van der Waals surface area contributed by atoms with Gasteiger partial charge in [0.2, 0.25) is 0 Å². The minimum Gasteiger partial charge on any atom is -0.381 e. The molecule has 3 heteroatoms. The van der Waals surface area contributed by atoms with Crippen LogP contribution in [0.15, 0.2) is 12.2 Å². The lowest BCUT2D eigenvalue weighted by molar-refractivity contribution is 0.104. The molecule has 0 radical (unpaired) electrons. The lowest BCUT2D eigenvalue weighted by Gasteiger charge is -2.08. The van der Waals surface area contributed by atoms with Gasteiger partial charge in [0.1, 0.15) is 0 Å². The van der Waals surface area contributed by atoms with Gasteiger partial charge in [-0.3, -0.25) is 0 Å². The van der Waals surface area contributed by atoms with Crippen LogP contribution >= 0.6 is 0 Å². The summed E-state index contributed by atoms with van der Waals surface area (Å²) < 4.78 is 10.6. The highest BCUT2D eigenvalue weighted by molar-refractivity contribution is 4.95. The van der Waals surface area contributed by atoms with Crippen LogP contribution in [-0.4, -0.2) is 33.0 Å². The van der Waals surface area contributed by atoms with Crippen LogP contribution in [0.4, 0.5) is 0 Å². The van der Waals surface area contributed by atoms with Crippen molar-refractivity contribution < 1.29 is 9.47 Å². The molecule has 3 nitrogen and oxygen atoms in total. The van der Waals surface area contributed by atoms with Crippen molar-refractivity contribution in [2.24, 2.45) is 11.7 Å². The maximum atomic E-state index is 5.41. The summed E-state index contributed by atoms with van der Waals surface area (Å²) in [6.45, 7) is 7.36. The van der Waals surface area contributed by atoms with E-state index in [-0.39, 0.29) is 0 Å². The molecule has 0 amide bonds. The van der Waals surface area contributed by atoms with Crippen molar-refractivity contribution in [2.45, 2.75) is 6.42 Å². The predicted molar refractivity (Wildman–Crippen MR) is 47.9 cm³/mol. The summed E-state index contributed by atoms with van der Waals surface area (Å²) in [6, 6.07) is 0. The fraction of sp³-hybridized carbons (Fsp3) is 0.778. The van der Waals surface area contributed by atoms with Gasteiger partial charge in [0.05, 0.1) is 19.8 Å². The number of hydrogen-bond acceptors (Lipinski definition) is 3. The molecule has 1 fully saturated rings. The number of nitrogens with two attached hydrogens (primary N) is 1. The van der Waals surface area contributed by atoms with Crippen molar-refractivity contribution in [3.8, 4) is 0 Å². The van der Waals surface area contributed by atoms with Gasteiger partial charge in [-0.2, -0.15) is 0 Å². The molecular weight excluding hydrogens is 154 g/mol. The van der Waals surface area contributed by atoms with Crippen LogP contribution in [0.1, 0.15) is 6.42 Å². The van der Waals surface area contributed by atoms with E-state index < -0.39 is 0 Å². The Labute approximate surface area is 73.5 Å². The first kappa shape index (κ1) is 9.71. The zero-order valence-corrected chi connectivity index (χ0v) is 7.42. The van der Waals surface area contributed by atoms with E-state index in [0.29, 0.717) is 19.1 Å².